The molecule has 4 heteroatoms. The minimum atomic E-state index is -0.151. The van der Waals surface area contributed by atoms with E-state index in [1.165, 1.54) is 11.8 Å². The smallest absolute Gasteiger partial charge is 0.147 e. The molecule has 1 aliphatic heterocycles. The molecule has 3 rings (SSSR count). The molecule has 1 fully saturated rings. The Bertz CT molecular complexity index is 530. The monoisotopic (exact) mass is 312 g/mol. The summed E-state index contributed by atoms with van der Waals surface area (Å²) in [5.41, 5.74) is 1.85. The number of hydrogen-bond acceptors (Lipinski definition) is 1. The van der Waals surface area contributed by atoms with E-state index in [0.717, 1.165) is 31.3 Å². The quantitative estimate of drug-likeness (QED) is 0.851. The zero-order chi connectivity index (χ0) is 11.8. The highest BCUT2D eigenvalue weighted by molar-refractivity contribution is 8.93. The third-order valence-corrected chi connectivity index (χ3v) is 3.78. The Morgan fingerprint density at radius 2 is 2.00 bits per heavy atom. The van der Waals surface area contributed by atoms with Crippen molar-refractivity contribution in [2.45, 2.75) is 18.8 Å². The Balaban J connectivity index is 0.00000120. The van der Waals surface area contributed by atoms with Gasteiger partial charge in [0.25, 0.3) is 0 Å². The Morgan fingerprint density at radius 3 is 2.67 bits per heavy atom. The summed E-state index contributed by atoms with van der Waals surface area (Å²) in [7, 11) is 2.15. The summed E-state index contributed by atoms with van der Waals surface area (Å²) in [6.45, 7) is 2.25. The number of para-hydroxylation sites is 1. The van der Waals surface area contributed by atoms with Crippen LogP contribution in [0.25, 0.3) is 10.9 Å². The highest BCUT2D eigenvalue weighted by Gasteiger charge is 2.20. The number of rotatable bonds is 1. The molecule has 2 nitrogen and oxygen atoms in total. The number of likely N-dealkylation sites (tertiary alicyclic amines) is 1. The van der Waals surface area contributed by atoms with Crippen LogP contribution in [0, 0.1) is 5.82 Å². The summed E-state index contributed by atoms with van der Waals surface area (Å²) in [5.74, 6) is 0.402. The number of benzene rings is 1. The van der Waals surface area contributed by atoms with Gasteiger partial charge in [-0.3, -0.25) is 0 Å². The van der Waals surface area contributed by atoms with Gasteiger partial charge in [-0.1, -0.05) is 12.1 Å². The summed E-state index contributed by atoms with van der Waals surface area (Å²) in [6.07, 6.45) is 2.32. The molecule has 0 atom stereocenters. The fraction of sp³-hybridized carbons (Fsp3) is 0.429. The maximum absolute atomic E-state index is 13.6. The van der Waals surface area contributed by atoms with E-state index in [9.17, 15) is 4.39 Å². The van der Waals surface area contributed by atoms with Crippen LogP contribution in [0.3, 0.4) is 0 Å². The van der Waals surface area contributed by atoms with Gasteiger partial charge in [0.1, 0.15) is 5.82 Å². The molecule has 2 aromatic rings. The number of fused-ring (bicyclic) bond motifs is 1. The summed E-state index contributed by atoms with van der Waals surface area (Å²) in [4.78, 5) is 5.60. The number of halogens is 2. The predicted octanol–water partition coefficient (Wildman–Crippen LogP) is 3.69. The summed E-state index contributed by atoms with van der Waals surface area (Å²) in [6, 6.07) is 7.35. The molecule has 0 amide bonds. The third-order valence-electron chi connectivity index (χ3n) is 3.78. The molecule has 0 spiro atoms. The lowest BCUT2D eigenvalue weighted by Gasteiger charge is -2.28. The van der Waals surface area contributed by atoms with Crippen LogP contribution in [0.15, 0.2) is 24.3 Å². The molecule has 0 saturated carbocycles. The van der Waals surface area contributed by atoms with Crippen LogP contribution in [0.1, 0.15) is 24.5 Å². The Labute approximate surface area is 117 Å². The summed E-state index contributed by atoms with van der Waals surface area (Å²) >= 11 is 0. The van der Waals surface area contributed by atoms with E-state index in [4.69, 9.17) is 0 Å². The zero-order valence-electron chi connectivity index (χ0n) is 10.4. The van der Waals surface area contributed by atoms with Crippen molar-refractivity contribution in [3.05, 3.63) is 35.8 Å². The first-order valence-electron chi connectivity index (χ1n) is 6.20. The van der Waals surface area contributed by atoms with E-state index in [2.05, 4.69) is 23.0 Å². The second kappa shape index (κ2) is 5.41. The molecule has 1 N–H and O–H groups in total. The van der Waals surface area contributed by atoms with Gasteiger partial charge in [-0.05, 0) is 45.1 Å². The van der Waals surface area contributed by atoms with Crippen LogP contribution in [0.5, 0.6) is 0 Å². The van der Waals surface area contributed by atoms with Crippen molar-refractivity contribution in [3.8, 4) is 0 Å². The lowest BCUT2D eigenvalue weighted by Crippen LogP contribution is -2.29. The predicted molar refractivity (Wildman–Crippen MR) is 78.1 cm³/mol. The first-order valence-corrected chi connectivity index (χ1v) is 6.20. The van der Waals surface area contributed by atoms with Crippen LogP contribution in [-0.4, -0.2) is 30.0 Å². The molecule has 0 aliphatic carbocycles. The van der Waals surface area contributed by atoms with Gasteiger partial charge < -0.3 is 9.88 Å². The van der Waals surface area contributed by atoms with Crippen molar-refractivity contribution >= 4 is 27.9 Å². The van der Waals surface area contributed by atoms with Gasteiger partial charge in [0.2, 0.25) is 0 Å². The van der Waals surface area contributed by atoms with E-state index >= 15 is 0 Å². The third kappa shape index (κ3) is 2.45. The van der Waals surface area contributed by atoms with Gasteiger partial charge >= 0.3 is 0 Å². The van der Waals surface area contributed by atoms with Crippen molar-refractivity contribution < 1.29 is 4.39 Å². The standard InChI is InChI=1S/C14H17FN2.BrH/c1-17-7-5-10(6-8-17)13-9-11-3-2-4-12(15)14(11)16-13;/h2-4,9-10,16H,5-8H2,1H3;1H. The number of H-pyrrole nitrogens is 1. The van der Waals surface area contributed by atoms with E-state index in [-0.39, 0.29) is 22.8 Å². The maximum Gasteiger partial charge on any atom is 0.147 e. The number of aromatic nitrogens is 1. The van der Waals surface area contributed by atoms with Crippen molar-refractivity contribution in [2.75, 3.05) is 20.1 Å². The van der Waals surface area contributed by atoms with Gasteiger partial charge in [-0.25, -0.2) is 4.39 Å². The molecule has 2 heterocycles. The van der Waals surface area contributed by atoms with Crippen molar-refractivity contribution in [3.63, 3.8) is 0 Å². The number of nitrogens with zero attached hydrogens (tertiary/aromatic N) is 1. The van der Waals surface area contributed by atoms with Crippen LogP contribution in [0.4, 0.5) is 4.39 Å². The molecule has 0 unspecified atom stereocenters. The summed E-state index contributed by atoms with van der Waals surface area (Å²) < 4.78 is 13.6. The first-order chi connectivity index (χ1) is 8.24. The number of piperidine rings is 1. The highest BCUT2D eigenvalue weighted by atomic mass is 79.9. The second-order valence-electron chi connectivity index (χ2n) is 5.01. The highest BCUT2D eigenvalue weighted by Crippen LogP contribution is 2.30. The lowest BCUT2D eigenvalue weighted by atomic mass is 9.94. The molecule has 1 aromatic heterocycles. The second-order valence-corrected chi connectivity index (χ2v) is 5.01. The lowest BCUT2D eigenvalue weighted by molar-refractivity contribution is 0.254. The molecule has 1 aromatic carbocycles. The summed E-state index contributed by atoms with van der Waals surface area (Å²) in [5, 5.41) is 0.985. The van der Waals surface area contributed by atoms with Gasteiger partial charge in [-0.2, -0.15) is 0 Å². The van der Waals surface area contributed by atoms with Gasteiger partial charge in [0.05, 0.1) is 5.52 Å². The van der Waals surface area contributed by atoms with Gasteiger partial charge in [0.15, 0.2) is 0 Å². The Kier molecular flexibility index (Phi) is 4.07. The molecule has 1 aliphatic rings. The van der Waals surface area contributed by atoms with Crippen molar-refractivity contribution in [1.82, 2.24) is 9.88 Å². The molecule has 1 saturated heterocycles. The van der Waals surface area contributed by atoms with E-state index in [1.54, 1.807) is 6.07 Å². The first kappa shape index (κ1) is 13.6. The van der Waals surface area contributed by atoms with E-state index in [0.29, 0.717) is 11.4 Å². The van der Waals surface area contributed by atoms with Crippen molar-refractivity contribution in [2.24, 2.45) is 0 Å². The maximum atomic E-state index is 13.6. The fourth-order valence-corrected chi connectivity index (χ4v) is 2.68. The minimum absolute atomic E-state index is 0. The molecular formula is C14H18BrFN2. The van der Waals surface area contributed by atoms with Crippen LogP contribution < -0.4 is 0 Å². The van der Waals surface area contributed by atoms with Crippen LogP contribution >= 0.6 is 17.0 Å². The zero-order valence-corrected chi connectivity index (χ0v) is 12.2. The number of nitrogens with one attached hydrogen (secondary N) is 1. The van der Waals surface area contributed by atoms with Gasteiger partial charge in [-0.15, -0.1) is 17.0 Å². The molecular weight excluding hydrogens is 295 g/mol. The number of aromatic amines is 1. The normalized spacial score (nSPS) is 17.9. The van der Waals surface area contributed by atoms with E-state index in [1.807, 2.05) is 6.07 Å². The average Bonchev–Trinajstić information content (AvgIpc) is 2.75. The fourth-order valence-electron chi connectivity index (χ4n) is 2.68. The average molecular weight is 313 g/mol. The molecule has 18 heavy (non-hydrogen) atoms. The van der Waals surface area contributed by atoms with E-state index < -0.39 is 0 Å². The molecule has 98 valence electrons. The Morgan fingerprint density at radius 1 is 1.28 bits per heavy atom. The Hall–Kier alpha value is -0.870. The van der Waals surface area contributed by atoms with Crippen LogP contribution in [0.2, 0.25) is 0 Å². The van der Waals surface area contributed by atoms with Gasteiger partial charge in [0, 0.05) is 17.0 Å². The molecule has 0 bridgehead atoms. The molecule has 0 radical (unpaired) electrons. The topological polar surface area (TPSA) is 19.0 Å². The van der Waals surface area contributed by atoms with Crippen molar-refractivity contribution in [1.29, 1.82) is 0 Å². The number of hydrogen-bond donors (Lipinski definition) is 1. The SMILES string of the molecule is Br.CN1CCC(c2cc3cccc(F)c3[nH]2)CC1. The minimum Gasteiger partial charge on any atom is -0.356 e. The largest absolute Gasteiger partial charge is 0.356 e. The van der Waals surface area contributed by atoms with Crippen LogP contribution in [-0.2, 0) is 0 Å².